The second-order valence-electron chi connectivity index (χ2n) is 1.49. The first-order chi connectivity index (χ1) is 4.31. The van der Waals surface area contributed by atoms with E-state index in [1.165, 1.54) is 6.20 Å². The zero-order chi connectivity index (χ0) is 7.11. The van der Waals surface area contributed by atoms with Crippen molar-refractivity contribution in [2.24, 2.45) is 5.73 Å². The van der Waals surface area contributed by atoms with Gasteiger partial charge in [-0.2, -0.15) is 0 Å². The summed E-state index contributed by atoms with van der Waals surface area (Å²) in [6.45, 7) is 3.98. The van der Waals surface area contributed by atoms with Crippen LogP contribution < -0.4 is 5.73 Å². The second kappa shape index (κ2) is 5.04. The van der Waals surface area contributed by atoms with Crippen molar-refractivity contribution in [1.29, 1.82) is 0 Å². The molecule has 0 aromatic rings. The molecule has 0 heterocycles. The van der Waals surface area contributed by atoms with E-state index >= 15 is 0 Å². The van der Waals surface area contributed by atoms with E-state index in [0.717, 1.165) is 0 Å². The summed E-state index contributed by atoms with van der Waals surface area (Å²) < 4.78 is 4.99. The standard InChI is InChI=1S/C7H11NO/c1-3-4-5-9-7(2)6-8/h6H,5,8H2,1-2H3/b7-6+. The molecule has 0 spiro atoms. The van der Waals surface area contributed by atoms with Crippen molar-refractivity contribution in [3.63, 3.8) is 0 Å². The summed E-state index contributed by atoms with van der Waals surface area (Å²) in [5, 5.41) is 0. The van der Waals surface area contributed by atoms with Crippen LogP contribution in [-0.2, 0) is 4.74 Å². The van der Waals surface area contributed by atoms with Crippen LogP contribution in [0, 0.1) is 11.8 Å². The van der Waals surface area contributed by atoms with Crippen LogP contribution in [-0.4, -0.2) is 6.61 Å². The van der Waals surface area contributed by atoms with Gasteiger partial charge in [-0.3, -0.25) is 0 Å². The molecule has 0 aliphatic carbocycles. The maximum Gasteiger partial charge on any atom is 0.148 e. The molecule has 0 atom stereocenters. The Balaban J connectivity index is 3.36. The van der Waals surface area contributed by atoms with Crippen LogP contribution >= 0.6 is 0 Å². The predicted octanol–water partition coefficient (Wildman–Crippen LogP) is 0.846. The van der Waals surface area contributed by atoms with E-state index in [0.29, 0.717) is 12.4 Å². The van der Waals surface area contributed by atoms with Crippen LogP contribution in [0.3, 0.4) is 0 Å². The van der Waals surface area contributed by atoms with E-state index in [1.54, 1.807) is 13.8 Å². The van der Waals surface area contributed by atoms with Crippen molar-refractivity contribution in [2.75, 3.05) is 6.61 Å². The molecule has 0 aromatic heterocycles. The largest absolute Gasteiger partial charge is 0.484 e. The van der Waals surface area contributed by atoms with Gasteiger partial charge in [0, 0.05) is 6.20 Å². The van der Waals surface area contributed by atoms with Crippen molar-refractivity contribution in [1.82, 2.24) is 0 Å². The molecule has 0 saturated carbocycles. The Bertz CT molecular complexity index is 150. The van der Waals surface area contributed by atoms with Gasteiger partial charge in [0.1, 0.15) is 12.4 Å². The van der Waals surface area contributed by atoms with Gasteiger partial charge >= 0.3 is 0 Å². The quantitative estimate of drug-likeness (QED) is 0.438. The third-order valence-electron chi connectivity index (χ3n) is 0.783. The zero-order valence-electron chi connectivity index (χ0n) is 5.77. The zero-order valence-corrected chi connectivity index (χ0v) is 5.77. The topological polar surface area (TPSA) is 35.2 Å². The summed E-state index contributed by atoms with van der Waals surface area (Å²) in [4.78, 5) is 0. The van der Waals surface area contributed by atoms with Gasteiger partial charge in [-0.25, -0.2) is 0 Å². The minimum absolute atomic E-state index is 0.427. The summed E-state index contributed by atoms with van der Waals surface area (Å²) in [6, 6.07) is 0. The lowest BCUT2D eigenvalue weighted by molar-refractivity contribution is 0.255. The van der Waals surface area contributed by atoms with Gasteiger partial charge in [0.05, 0.1) is 0 Å². The summed E-state index contributed by atoms with van der Waals surface area (Å²) in [5.74, 6) is 6.16. The van der Waals surface area contributed by atoms with Crippen molar-refractivity contribution < 1.29 is 4.74 Å². The fourth-order valence-corrected chi connectivity index (χ4v) is 0.270. The molecule has 2 N–H and O–H groups in total. The van der Waals surface area contributed by atoms with Gasteiger partial charge in [-0.05, 0) is 13.8 Å². The van der Waals surface area contributed by atoms with Gasteiger partial charge in [-0.15, -0.1) is 5.92 Å². The highest BCUT2D eigenvalue weighted by Gasteiger charge is 1.81. The van der Waals surface area contributed by atoms with Crippen molar-refractivity contribution >= 4 is 0 Å². The van der Waals surface area contributed by atoms with Crippen LogP contribution in [0.5, 0.6) is 0 Å². The molecule has 0 unspecified atom stereocenters. The monoisotopic (exact) mass is 125 g/mol. The van der Waals surface area contributed by atoms with Gasteiger partial charge in [-0.1, -0.05) is 5.92 Å². The predicted molar refractivity (Wildman–Crippen MR) is 37.3 cm³/mol. The minimum Gasteiger partial charge on any atom is -0.484 e. The third-order valence-corrected chi connectivity index (χ3v) is 0.783. The molecule has 2 heteroatoms. The van der Waals surface area contributed by atoms with E-state index in [1.807, 2.05) is 0 Å². The Morgan fingerprint density at radius 1 is 1.78 bits per heavy atom. The fourth-order valence-electron chi connectivity index (χ4n) is 0.270. The highest BCUT2D eigenvalue weighted by molar-refractivity contribution is 4.97. The first-order valence-corrected chi connectivity index (χ1v) is 2.72. The lowest BCUT2D eigenvalue weighted by atomic mass is 10.6. The molecule has 0 fully saturated rings. The van der Waals surface area contributed by atoms with E-state index in [9.17, 15) is 0 Å². The van der Waals surface area contributed by atoms with Crippen LogP contribution in [0.4, 0.5) is 0 Å². The van der Waals surface area contributed by atoms with Gasteiger partial charge in [0.15, 0.2) is 0 Å². The fraction of sp³-hybridized carbons (Fsp3) is 0.429. The normalized spacial score (nSPS) is 9.78. The summed E-state index contributed by atoms with van der Waals surface area (Å²) in [7, 11) is 0. The van der Waals surface area contributed by atoms with Crippen LogP contribution in [0.2, 0.25) is 0 Å². The number of nitrogens with two attached hydrogens (primary N) is 1. The maximum atomic E-state index is 5.12. The summed E-state index contributed by atoms with van der Waals surface area (Å²) in [6.07, 6.45) is 1.41. The van der Waals surface area contributed by atoms with Gasteiger partial charge in [0.2, 0.25) is 0 Å². The molecule has 0 aliphatic heterocycles. The summed E-state index contributed by atoms with van der Waals surface area (Å²) in [5.41, 5.74) is 5.12. The smallest absolute Gasteiger partial charge is 0.148 e. The maximum absolute atomic E-state index is 5.12. The first kappa shape index (κ1) is 7.90. The van der Waals surface area contributed by atoms with Gasteiger partial charge < -0.3 is 10.5 Å². The Morgan fingerprint density at radius 2 is 2.44 bits per heavy atom. The van der Waals surface area contributed by atoms with Crippen molar-refractivity contribution in [3.8, 4) is 11.8 Å². The minimum atomic E-state index is 0.427. The SMILES string of the molecule is CC#CCO/C(C)=C/N. The number of rotatable bonds is 2. The average Bonchev–Trinajstić information content (AvgIpc) is 1.89. The van der Waals surface area contributed by atoms with Crippen LogP contribution in [0.15, 0.2) is 12.0 Å². The van der Waals surface area contributed by atoms with E-state index < -0.39 is 0 Å². The van der Waals surface area contributed by atoms with Crippen LogP contribution in [0.1, 0.15) is 13.8 Å². The molecule has 0 rings (SSSR count). The van der Waals surface area contributed by atoms with Crippen molar-refractivity contribution in [3.05, 3.63) is 12.0 Å². The van der Waals surface area contributed by atoms with Gasteiger partial charge in [0.25, 0.3) is 0 Å². The number of allylic oxidation sites excluding steroid dienone is 1. The molecule has 0 saturated heterocycles. The molecular formula is C7H11NO. The molecular weight excluding hydrogens is 114 g/mol. The lowest BCUT2D eigenvalue weighted by Gasteiger charge is -1.97. The van der Waals surface area contributed by atoms with E-state index in [4.69, 9.17) is 10.5 Å². The highest BCUT2D eigenvalue weighted by atomic mass is 16.5. The Kier molecular flexibility index (Phi) is 4.43. The molecule has 50 valence electrons. The highest BCUT2D eigenvalue weighted by Crippen LogP contribution is 1.88. The molecule has 0 radical (unpaired) electrons. The number of hydrogen-bond acceptors (Lipinski definition) is 2. The van der Waals surface area contributed by atoms with Crippen LogP contribution in [0.25, 0.3) is 0 Å². The van der Waals surface area contributed by atoms with E-state index in [-0.39, 0.29) is 0 Å². The summed E-state index contributed by atoms with van der Waals surface area (Å²) >= 11 is 0. The lowest BCUT2D eigenvalue weighted by Crippen LogP contribution is -1.91. The first-order valence-electron chi connectivity index (χ1n) is 2.72. The third kappa shape index (κ3) is 4.76. The van der Waals surface area contributed by atoms with Crippen molar-refractivity contribution in [2.45, 2.75) is 13.8 Å². The molecule has 0 amide bonds. The second-order valence-corrected chi connectivity index (χ2v) is 1.49. The number of hydrogen-bond donors (Lipinski definition) is 1. The van der Waals surface area contributed by atoms with E-state index in [2.05, 4.69) is 11.8 Å². The molecule has 0 aliphatic rings. The molecule has 9 heavy (non-hydrogen) atoms. The Hall–Kier alpha value is -1.10. The number of ether oxygens (including phenoxy) is 1. The Labute approximate surface area is 55.7 Å². The Morgan fingerprint density at radius 3 is 2.89 bits per heavy atom. The average molecular weight is 125 g/mol. The molecule has 0 aromatic carbocycles. The molecule has 2 nitrogen and oxygen atoms in total. The molecule has 0 bridgehead atoms.